The van der Waals surface area contributed by atoms with Crippen molar-refractivity contribution in [3.8, 4) is 0 Å². The number of nitrogens with zero attached hydrogens (tertiary/aromatic N) is 1. The second kappa shape index (κ2) is 5.96. The van der Waals surface area contributed by atoms with E-state index in [-0.39, 0.29) is 0 Å². The molecule has 1 heterocycles. The van der Waals surface area contributed by atoms with E-state index in [0.717, 1.165) is 5.33 Å². The SMILES string of the molecule is CCC1(CC)CCN(c2cc(Br)ccc2CBr)C1. The van der Waals surface area contributed by atoms with Crippen LogP contribution in [0.3, 0.4) is 0 Å². The topological polar surface area (TPSA) is 3.24 Å². The third-order valence-corrected chi connectivity index (χ3v) is 5.57. The van der Waals surface area contributed by atoms with Gasteiger partial charge < -0.3 is 4.90 Å². The first-order valence-corrected chi connectivity index (χ1v) is 8.65. The molecule has 1 aromatic carbocycles. The maximum Gasteiger partial charge on any atom is 0.0418 e. The van der Waals surface area contributed by atoms with E-state index in [2.05, 4.69) is 68.8 Å². The summed E-state index contributed by atoms with van der Waals surface area (Å²) in [5, 5.41) is 0.928. The number of alkyl halides is 1. The lowest BCUT2D eigenvalue weighted by Crippen LogP contribution is -2.26. The molecule has 0 bridgehead atoms. The molecule has 0 aliphatic carbocycles. The number of anilines is 1. The minimum absolute atomic E-state index is 0.534. The molecule has 1 nitrogen and oxygen atoms in total. The van der Waals surface area contributed by atoms with E-state index >= 15 is 0 Å². The Hall–Kier alpha value is -0.0200. The first-order valence-electron chi connectivity index (χ1n) is 6.73. The lowest BCUT2D eigenvalue weighted by atomic mass is 9.82. The van der Waals surface area contributed by atoms with Crippen molar-refractivity contribution in [1.29, 1.82) is 0 Å². The first kappa shape index (κ1) is 14.4. The molecule has 0 N–H and O–H groups in total. The van der Waals surface area contributed by atoms with E-state index in [1.807, 2.05) is 0 Å². The van der Waals surface area contributed by atoms with Crippen molar-refractivity contribution in [2.24, 2.45) is 5.41 Å². The molecule has 0 radical (unpaired) electrons. The highest BCUT2D eigenvalue weighted by Gasteiger charge is 2.35. The summed E-state index contributed by atoms with van der Waals surface area (Å²) in [6.07, 6.45) is 3.91. The molecule has 1 aliphatic rings. The molecule has 0 aromatic heterocycles. The second-order valence-corrected chi connectivity index (χ2v) is 6.76. The van der Waals surface area contributed by atoms with E-state index in [0.29, 0.717) is 5.41 Å². The number of benzene rings is 1. The lowest BCUT2D eigenvalue weighted by Gasteiger charge is -2.28. The van der Waals surface area contributed by atoms with Gasteiger partial charge in [-0.05, 0) is 42.4 Å². The fraction of sp³-hybridized carbons (Fsp3) is 0.600. The van der Waals surface area contributed by atoms with E-state index in [9.17, 15) is 0 Å². The Balaban J connectivity index is 2.26. The Morgan fingerprint density at radius 1 is 1.28 bits per heavy atom. The van der Waals surface area contributed by atoms with Crippen LogP contribution in [0, 0.1) is 5.41 Å². The minimum Gasteiger partial charge on any atom is -0.371 e. The smallest absolute Gasteiger partial charge is 0.0418 e. The highest BCUT2D eigenvalue weighted by molar-refractivity contribution is 9.10. The van der Waals surface area contributed by atoms with Crippen molar-refractivity contribution in [1.82, 2.24) is 0 Å². The molecule has 1 aliphatic heterocycles. The molecule has 1 aromatic rings. The van der Waals surface area contributed by atoms with Gasteiger partial charge in [-0.2, -0.15) is 0 Å². The monoisotopic (exact) mass is 373 g/mol. The van der Waals surface area contributed by atoms with Gasteiger partial charge in [0.05, 0.1) is 0 Å². The Bertz CT molecular complexity index is 413. The summed E-state index contributed by atoms with van der Waals surface area (Å²) in [6.45, 7) is 7.06. The average molecular weight is 375 g/mol. The van der Waals surface area contributed by atoms with Crippen LogP contribution in [0.2, 0.25) is 0 Å². The van der Waals surface area contributed by atoms with E-state index in [1.54, 1.807) is 0 Å². The molecular weight excluding hydrogens is 354 g/mol. The van der Waals surface area contributed by atoms with Gasteiger partial charge >= 0.3 is 0 Å². The van der Waals surface area contributed by atoms with E-state index < -0.39 is 0 Å². The Kier molecular flexibility index (Phi) is 4.76. The first-order chi connectivity index (χ1) is 8.64. The number of hydrogen-bond donors (Lipinski definition) is 0. The maximum absolute atomic E-state index is 3.60. The van der Waals surface area contributed by atoms with Crippen molar-refractivity contribution in [3.05, 3.63) is 28.2 Å². The van der Waals surface area contributed by atoms with Gasteiger partial charge in [0.1, 0.15) is 0 Å². The van der Waals surface area contributed by atoms with Gasteiger partial charge in [0.15, 0.2) is 0 Å². The molecule has 0 saturated carbocycles. The largest absolute Gasteiger partial charge is 0.371 e. The summed E-state index contributed by atoms with van der Waals surface area (Å²) in [7, 11) is 0. The maximum atomic E-state index is 3.60. The molecular formula is C15H21Br2N. The summed E-state index contributed by atoms with van der Waals surface area (Å²) in [5.41, 5.74) is 3.32. The van der Waals surface area contributed by atoms with Crippen molar-refractivity contribution < 1.29 is 0 Å². The van der Waals surface area contributed by atoms with E-state index in [4.69, 9.17) is 0 Å². The van der Waals surface area contributed by atoms with Crippen molar-refractivity contribution >= 4 is 37.5 Å². The van der Waals surface area contributed by atoms with Crippen LogP contribution < -0.4 is 4.90 Å². The summed E-state index contributed by atoms with van der Waals surface area (Å²) in [6, 6.07) is 6.60. The highest BCUT2D eigenvalue weighted by atomic mass is 79.9. The average Bonchev–Trinajstić information content (AvgIpc) is 2.83. The fourth-order valence-corrected chi connectivity index (χ4v) is 3.74. The molecule has 2 rings (SSSR count). The molecule has 3 heteroatoms. The predicted molar refractivity (Wildman–Crippen MR) is 86.6 cm³/mol. The predicted octanol–water partition coefficient (Wildman–Crippen LogP) is 5.36. The van der Waals surface area contributed by atoms with Crippen LogP contribution in [0.25, 0.3) is 0 Å². The van der Waals surface area contributed by atoms with Crippen molar-refractivity contribution in [3.63, 3.8) is 0 Å². The fourth-order valence-electron chi connectivity index (χ4n) is 2.91. The number of hydrogen-bond acceptors (Lipinski definition) is 1. The summed E-state index contributed by atoms with van der Waals surface area (Å²) >= 11 is 7.19. The Morgan fingerprint density at radius 2 is 2.00 bits per heavy atom. The van der Waals surface area contributed by atoms with Crippen molar-refractivity contribution in [2.45, 2.75) is 38.4 Å². The number of halogens is 2. The third-order valence-electron chi connectivity index (χ3n) is 4.47. The Morgan fingerprint density at radius 3 is 2.56 bits per heavy atom. The summed E-state index contributed by atoms with van der Waals surface area (Å²) in [4.78, 5) is 2.56. The van der Waals surface area contributed by atoms with Gasteiger partial charge in [-0.25, -0.2) is 0 Å². The molecule has 0 atom stereocenters. The zero-order chi connectivity index (χ0) is 13.2. The molecule has 0 unspecified atom stereocenters. The third kappa shape index (κ3) is 2.77. The summed E-state index contributed by atoms with van der Waals surface area (Å²) < 4.78 is 1.17. The second-order valence-electron chi connectivity index (χ2n) is 5.29. The van der Waals surface area contributed by atoms with Gasteiger partial charge in [-0.15, -0.1) is 0 Å². The number of rotatable bonds is 4. The summed E-state index contributed by atoms with van der Waals surface area (Å²) in [5.74, 6) is 0. The van der Waals surface area contributed by atoms with Crippen LogP contribution in [0.1, 0.15) is 38.7 Å². The van der Waals surface area contributed by atoms with Crippen LogP contribution in [0.5, 0.6) is 0 Å². The zero-order valence-electron chi connectivity index (χ0n) is 11.2. The molecule has 18 heavy (non-hydrogen) atoms. The van der Waals surface area contributed by atoms with Crippen LogP contribution in [-0.4, -0.2) is 13.1 Å². The quantitative estimate of drug-likeness (QED) is 0.641. The van der Waals surface area contributed by atoms with Gasteiger partial charge in [0, 0.05) is 28.6 Å². The van der Waals surface area contributed by atoms with Crippen molar-refractivity contribution in [2.75, 3.05) is 18.0 Å². The molecule has 0 spiro atoms. The molecule has 100 valence electrons. The van der Waals surface area contributed by atoms with Crippen LogP contribution in [0.15, 0.2) is 22.7 Å². The standard InChI is InChI=1S/C15H21Br2N/c1-3-15(4-2)7-8-18(11-15)14-9-13(17)6-5-12(14)10-16/h5-6,9H,3-4,7-8,10-11H2,1-2H3. The van der Waals surface area contributed by atoms with Gasteiger partial charge in [-0.3, -0.25) is 0 Å². The van der Waals surface area contributed by atoms with Gasteiger partial charge in [0.2, 0.25) is 0 Å². The molecule has 0 amide bonds. The lowest BCUT2D eigenvalue weighted by molar-refractivity contribution is 0.301. The minimum atomic E-state index is 0.534. The van der Waals surface area contributed by atoms with Crippen LogP contribution in [-0.2, 0) is 5.33 Å². The Labute approximate surface area is 127 Å². The van der Waals surface area contributed by atoms with Crippen LogP contribution >= 0.6 is 31.9 Å². The molecule has 1 fully saturated rings. The highest BCUT2D eigenvalue weighted by Crippen LogP contribution is 2.40. The molecule has 1 saturated heterocycles. The van der Waals surface area contributed by atoms with E-state index in [1.165, 1.54) is 48.1 Å². The van der Waals surface area contributed by atoms with Gasteiger partial charge in [0.25, 0.3) is 0 Å². The zero-order valence-corrected chi connectivity index (χ0v) is 14.3. The normalized spacial score (nSPS) is 18.3. The van der Waals surface area contributed by atoms with Crippen LogP contribution in [0.4, 0.5) is 5.69 Å². The van der Waals surface area contributed by atoms with Gasteiger partial charge in [-0.1, -0.05) is 51.8 Å².